The predicted octanol–water partition coefficient (Wildman–Crippen LogP) is 2.13. The average molecular weight is 305 g/mol. The van der Waals surface area contributed by atoms with Crippen molar-refractivity contribution in [3.63, 3.8) is 0 Å². The molecule has 1 atom stereocenters. The van der Waals surface area contributed by atoms with Gasteiger partial charge in [-0.3, -0.25) is 4.31 Å². The van der Waals surface area contributed by atoms with E-state index in [-0.39, 0.29) is 6.10 Å². The van der Waals surface area contributed by atoms with E-state index in [9.17, 15) is 8.42 Å². The molecule has 0 saturated heterocycles. The molecule has 118 valence electrons. The quantitative estimate of drug-likeness (QED) is 0.322. The second-order valence-corrected chi connectivity index (χ2v) is 5.20. The van der Waals surface area contributed by atoms with E-state index in [1.54, 1.807) is 12.2 Å². The van der Waals surface area contributed by atoms with E-state index in [2.05, 4.69) is 6.58 Å². The Bertz CT molecular complexity index is 334. The fraction of sp³-hybridized carbons (Fsp3) is 0.714. The van der Waals surface area contributed by atoms with Crippen LogP contribution in [0.2, 0.25) is 0 Å². The van der Waals surface area contributed by atoms with E-state index in [1.165, 1.54) is 10.5 Å². The molecule has 0 fully saturated rings. The van der Waals surface area contributed by atoms with Gasteiger partial charge in [-0.05, 0) is 39.2 Å². The molecule has 0 aliphatic heterocycles. The standard InChI is InChI=1S/C14H27NO4S/c1-4-7-11-15(20(16)17)13-14(19-6-3)10-8-9-12-18-5-2/h4,7,11,14,20H,1,5-6,8-10,12-13H2,2-3H3/b11-7+/t14-/m0/s1. The minimum Gasteiger partial charge on any atom is -0.382 e. The summed E-state index contributed by atoms with van der Waals surface area (Å²) in [5, 5.41) is 0. The van der Waals surface area contributed by atoms with Crippen LogP contribution in [0.4, 0.5) is 0 Å². The molecule has 0 aromatic heterocycles. The summed E-state index contributed by atoms with van der Waals surface area (Å²) in [4.78, 5) is 0. The van der Waals surface area contributed by atoms with Crippen molar-refractivity contribution < 1.29 is 17.9 Å². The van der Waals surface area contributed by atoms with Gasteiger partial charge in [-0.15, -0.1) is 0 Å². The third kappa shape index (κ3) is 10.00. The summed E-state index contributed by atoms with van der Waals surface area (Å²) in [6.07, 6.45) is 7.30. The Morgan fingerprint density at radius 3 is 2.55 bits per heavy atom. The topological polar surface area (TPSA) is 55.8 Å². The van der Waals surface area contributed by atoms with Crippen LogP contribution in [0.15, 0.2) is 24.9 Å². The van der Waals surface area contributed by atoms with Gasteiger partial charge in [0, 0.05) is 26.0 Å². The summed E-state index contributed by atoms with van der Waals surface area (Å²) in [5.74, 6) is 0. The van der Waals surface area contributed by atoms with E-state index in [4.69, 9.17) is 9.47 Å². The van der Waals surface area contributed by atoms with Gasteiger partial charge < -0.3 is 9.47 Å². The molecule has 0 bridgehead atoms. The smallest absolute Gasteiger partial charge is 0.224 e. The first-order valence-electron chi connectivity index (χ1n) is 7.05. The lowest BCUT2D eigenvalue weighted by atomic mass is 10.1. The average Bonchev–Trinajstić information content (AvgIpc) is 2.42. The first kappa shape index (κ1) is 19.1. The van der Waals surface area contributed by atoms with Crippen LogP contribution in [0, 0.1) is 0 Å². The van der Waals surface area contributed by atoms with Crippen LogP contribution in [-0.4, -0.2) is 45.2 Å². The normalized spacial score (nSPS) is 12.9. The first-order chi connectivity index (χ1) is 9.65. The van der Waals surface area contributed by atoms with E-state index in [0.717, 1.165) is 32.5 Å². The van der Waals surface area contributed by atoms with Gasteiger partial charge in [-0.2, -0.15) is 0 Å². The van der Waals surface area contributed by atoms with Gasteiger partial charge in [0.15, 0.2) is 0 Å². The van der Waals surface area contributed by atoms with Gasteiger partial charge in [0.1, 0.15) is 0 Å². The lowest BCUT2D eigenvalue weighted by Crippen LogP contribution is -2.29. The predicted molar refractivity (Wildman–Crippen MR) is 82.1 cm³/mol. The number of allylic oxidation sites excluding steroid dienone is 2. The molecule has 0 aliphatic rings. The molecule has 0 aromatic rings. The van der Waals surface area contributed by atoms with Crippen LogP contribution in [0.5, 0.6) is 0 Å². The highest BCUT2D eigenvalue weighted by Gasteiger charge is 2.13. The second kappa shape index (κ2) is 13.1. The molecule has 0 radical (unpaired) electrons. The number of ether oxygens (including phenoxy) is 2. The molecule has 0 N–H and O–H groups in total. The lowest BCUT2D eigenvalue weighted by molar-refractivity contribution is 0.0452. The Kier molecular flexibility index (Phi) is 12.6. The van der Waals surface area contributed by atoms with Crippen molar-refractivity contribution in [2.75, 3.05) is 26.4 Å². The van der Waals surface area contributed by atoms with Crippen molar-refractivity contribution in [2.24, 2.45) is 0 Å². The van der Waals surface area contributed by atoms with Gasteiger partial charge in [0.25, 0.3) is 0 Å². The van der Waals surface area contributed by atoms with Gasteiger partial charge in [-0.25, -0.2) is 8.42 Å². The third-order valence-electron chi connectivity index (χ3n) is 2.67. The van der Waals surface area contributed by atoms with Crippen LogP contribution in [0.3, 0.4) is 0 Å². The summed E-state index contributed by atoms with van der Waals surface area (Å²) < 4.78 is 34.5. The molecule has 0 saturated carbocycles. The van der Waals surface area contributed by atoms with E-state index in [1.807, 2.05) is 13.8 Å². The summed E-state index contributed by atoms with van der Waals surface area (Å²) in [6.45, 7) is 9.79. The highest BCUT2D eigenvalue weighted by atomic mass is 32.2. The van der Waals surface area contributed by atoms with Gasteiger partial charge >= 0.3 is 0 Å². The maximum atomic E-state index is 11.2. The number of nitrogens with zero attached hydrogens (tertiary/aromatic N) is 1. The van der Waals surface area contributed by atoms with Crippen molar-refractivity contribution in [2.45, 2.75) is 39.2 Å². The molecular weight excluding hydrogens is 278 g/mol. The van der Waals surface area contributed by atoms with Crippen LogP contribution in [-0.2, 0) is 20.4 Å². The van der Waals surface area contributed by atoms with Crippen LogP contribution in [0.1, 0.15) is 33.1 Å². The van der Waals surface area contributed by atoms with E-state index >= 15 is 0 Å². The van der Waals surface area contributed by atoms with Crippen molar-refractivity contribution >= 4 is 10.9 Å². The zero-order valence-electron chi connectivity index (χ0n) is 12.5. The zero-order valence-corrected chi connectivity index (χ0v) is 13.4. The number of thiol groups is 1. The molecule has 20 heavy (non-hydrogen) atoms. The monoisotopic (exact) mass is 305 g/mol. The highest BCUT2D eigenvalue weighted by molar-refractivity contribution is 7.70. The molecule has 0 amide bonds. The van der Waals surface area contributed by atoms with Gasteiger partial charge in [0.2, 0.25) is 10.9 Å². The number of hydrogen-bond donors (Lipinski definition) is 1. The molecule has 6 heteroatoms. The summed E-state index contributed by atoms with van der Waals surface area (Å²) in [6, 6.07) is 0. The van der Waals surface area contributed by atoms with Crippen LogP contribution < -0.4 is 0 Å². The fourth-order valence-electron chi connectivity index (χ4n) is 1.73. The van der Waals surface area contributed by atoms with Crippen molar-refractivity contribution in [1.29, 1.82) is 0 Å². The highest BCUT2D eigenvalue weighted by Crippen LogP contribution is 2.08. The largest absolute Gasteiger partial charge is 0.382 e. The number of hydrogen-bond acceptors (Lipinski definition) is 4. The Hall–Kier alpha value is -0.850. The summed E-state index contributed by atoms with van der Waals surface area (Å²) >= 11 is 0. The minimum atomic E-state index is -2.65. The van der Waals surface area contributed by atoms with Crippen molar-refractivity contribution in [3.05, 3.63) is 24.9 Å². The van der Waals surface area contributed by atoms with Crippen LogP contribution >= 0.6 is 0 Å². The van der Waals surface area contributed by atoms with E-state index < -0.39 is 10.9 Å². The van der Waals surface area contributed by atoms with E-state index in [0.29, 0.717) is 13.2 Å². The molecular formula is C14H27NO4S. The van der Waals surface area contributed by atoms with Crippen molar-refractivity contribution in [1.82, 2.24) is 4.31 Å². The summed E-state index contributed by atoms with van der Waals surface area (Å²) in [7, 11) is -2.65. The molecule has 5 nitrogen and oxygen atoms in total. The molecule has 0 spiro atoms. The molecule has 0 aliphatic carbocycles. The maximum absolute atomic E-state index is 11.2. The Morgan fingerprint density at radius 2 is 2.00 bits per heavy atom. The molecule has 0 aromatic carbocycles. The molecule has 0 heterocycles. The maximum Gasteiger partial charge on any atom is 0.224 e. The van der Waals surface area contributed by atoms with Gasteiger partial charge in [-0.1, -0.05) is 12.7 Å². The number of unbranched alkanes of at least 4 members (excludes halogenated alkanes) is 1. The molecule has 0 unspecified atom stereocenters. The Morgan fingerprint density at radius 1 is 1.25 bits per heavy atom. The number of rotatable bonds is 13. The first-order valence-corrected chi connectivity index (χ1v) is 8.18. The Labute approximate surface area is 124 Å². The Balaban J connectivity index is 4.26. The van der Waals surface area contributed by atoms with Crippen molar-refractivity contribution in [3.8, 4) is 0 Å². The summed E-state index contributed by atoms with van der Waals surface area (Å²) in [5.41, 5.74) is 0. The SMILES string of the molecule is C=C/C=C/N(C[C@H](CCCCOCC)OCC)[SH](=O)=O. The minimum absolute atomic E-state index is 0.0935. The van der Waals surface area contributed by atoms with Crippen LogP contribution in [0.25, 0.3) is 0 Å². The zero-order chi connectivity index (χ0) is 15.2. The fourth-order valence-corrected chi connectivity index (χ4v) is 2.24. The third-order valence-corrected chi connectivity index (χ3v) is 3.38. The lowest BCUT2D eigenvalue weighted by Gasteiger charge is -2.21. The second-order valence-electron chi connectivity index (χ2n) is 4.21. The molecule has 0 rings (SSSR count). The van der Waals surface area contributed by atoms with Gasteiger partial charge in [0.05, 0.1) is 12.6 Å².